The molecule has 0 saturated heterocycles. The SMILES string of the molecule is C1=[N+]C=[N+]C=[N+]1. The molecule has 27 valence electrons. The third kappa shape index (κ3) is 0.484. The molecule has 1 heterocycles. The first-order valence-electron chi connectivity index (χ1n) is 1.55. The average molecular weight is 81.1 g/mol. The Labute approximate surface area is 35.1 Å². The molecule has 3 nitrogen and oxygen atoms in total. The predicted octanol–water partition coefficient (Wildman–Crippen LogP) is -1.91. The van der Waals surface area contributed by atoms with E-state index in [2.05, 4.69) is 15.0 Å². The van der Waals surface area contributed by atoms with Gasteiger partial charge in [0.05, 0.1) is 0 Å². The molecule has 0 saturated carbocycles. The van der Waals surface area contributed by atoms with E-state index in [9.17, 15) is 0 Å². The fourth-order valence-corrected chi connectivity index (χ4v) is 0.205. The van der Waals surface area contributed by atoms with Gasteiger partial charge in [-0.3, -0.25) is 0 Å². The largest absolute Gasteiger partial charge is 0.550 e. The molecule has 0 aromatic heterocycles. The average Bonchev–Trinajstić information content (AvgIpc) is 1.72. The summed E-state index contributed by atoms with van der Waals surface area (Å²) in [5.41, 5.74) is 0. The fourth-order valence-electron chi connectivity index (χ4n) is 0.205. The van der Waals surface area contributed by atoms with Gasteiger partial charge in [0.15, 0.2) is 0 Å². The van der Waals surface area contributed by atoms with Gasteiger partial charge in [-0.1, -0.05) is 0 Å². The van der Waals surface area contributed by atoms with Crippen molar-refractivity contribution in [2.24, 2.45) is 0 Å². The second-order valence-electron chi connectivity index (χ2n) is 0.794. The summed E-state index contributed by atoms with van der Waals surface area (Å²) < 4.78 is 0. The monoisotopic (exact) mass is 81.0 g/mol. The van der Waals surface area contributed by atoms with Crippen LogP contribution in [0.4, 0.5) is 0 Å². The van der Waals surface area contributed by atoms with Gasteiger partial charge in [-0.15, -0.1) is 0 Å². The Balaban J connectivity index is 2.77. The number of nitrogens with zero attached hydrogens (tertiary/aromatic N) is 3. The van der Waals surface area contributed by atoms with Crippen LogP contribution in [0.3, 0.4) is 0 Å². The van der Waals surface area contributed by atoms with Crippen LogP contribution in [0.5, 0.6) is 0 Å². The molecule has 3 heteroatoms. The maximum atomic E-state index is 3.56. The first kappa shape index (κ1) is 3.21. The molecule has 1 aliphatic heterocycles. The molecule has 0 N–H and O–H groups in total. The van der Waals surface area contributed by atoms with Crippen LogP contribution in [-0.4, -0.2) is 19.0 Å². The lowest BCUT2D eigenvalue weighted by Crippen LogP contribution is -2.09. The molecule has 0 amide bonds. The predicted molar refractivity (Wildman–Crippen MR) is 24.6 cm³/mol. The molecular weight excluding hydrogens is 78.1 g/mol. The Kier molecular flexibility index (Phi) is 0.774. The smallest absolute Gasteiger partial charge is 0.209 e. The van der Waals surface area contributed by atoms with Gasteiger partial charge in [-0.05, 0) is 0 Å². The second-order valence-corrected chi connectivity index (χ2v) is 0.794. The third-order valence-corrected chi connectivity index (χ3v) is 0.400. The van der Waals surface area contributed by atoms with Crippen molar-refractivity contribution in [1.82, 2.24) is 15.0 Å². The standard InChI is InChI=1S/C3H3N3/c1-4-2-6-3-5-1/h1-3H/q+3. The van der Waals surface area contributed by atoms with E-state index in [1.54, 1.807) is 0 Å². The summed E-state index contributed by atoms with van der Waals surface area (Å²) in [6.07, 6.45) is 4.31. The molecule has 0 spiro atoms. The summed E-state index contributed by atoms with van der Waals surface area (Å²) in [5.74, 6) is 0. The molecule has 3 radical (unpaired) electrons. The van der Waals surface area contributed by atoms with Crippen molar-refractivity contribution in [3.05, 3.63) is 0 Å². The number of rotatable bonds is 0. The zero-order valence-electron chi connectivity index (χ0n) is 3.07. The fraction of sp³-hybridized carbons (Fsp3) is 0. The first-order chi connectivity index (χ1) is 3.00. The van der Waals surface area contributed by atoms with Gasteiger partial charge < -0.3 is 0 Å². The minimum Gasteiger partial charge on any atom is 0.209 e. The van der Waals surface area contributed by atoms with Crippen LogP contribution in [0.2, 0.25) is 0 Å². The van der Waals surface area contributed by atoms with Crippen LogP contribution in [0.1, 0.15) is 0 Å². The lowest BCUT2D eigenvalue weighted by Gasteiger charge is -1.34. The summed E-state index contributed by atoms with van der Waals surface area (Å²) in [5, 5.41) is 0. The van der Waals surface area contributed by atoms with E-state index in [1.807, 2.05) is 0 Å². The third-order valence-electron chi connectivity index (χ3n) is 0.400. The molecule has 0 aliphatic carbocycles. The second kappa shape index (κ2) is 1.45. The van der Waals surface area contributed by atoms with E-state index in [4.69, 9.17) is 0 Å². The zero-order valence-corrected chi connectivity index (χ0v) is 3.07. The zero-order chi connectivity index (χ0) is 4.24. The van der Waals surface area contributed by atoms with Crippen molar-refractivity contribution < 1.29 is 0 Å². The minimum absolute atomic E-state index is 1.44. The molecule has 0 unspecified atom stereocenters. The normalized spacial score (nSPS) is 16.0. The van der Waals surface area contributed by atoms with Crippen LogP contribution in [0.15, 0.2) is 0 Å². The molecule has 0 atom stereocenters. The highest BCUT2D eigenvalue weighted by atomic mass is 15.0. The Hall–Kier alpha value is -0.990. The van der Waals surface area contributed by atoms with Gasteiger partial charge >= 0.3 is 19.0 Å². The summed E-state index contributed by atoms with van der Waals surface area (Å²) in [4.78, 5) is 10.7. The van der Waals surface area contributed by atoms with Crippen LogP contribution in [0.25, 0.3) is 0 Å². The van der Waals surface area contributed by atoms with Gasteiger partial charge in [0.2, 0.25) is 15.0 Å². The highest BCUT2D eigenvalue weighted by molar-refractivity contribution is 5.80. The molecular formula is C3H3N3+3. The van der Waals surface area contributed by atoms with Crippen LogP contribution in [0, 0.1) is 0 Å². The highest BCUT2D eigenvalue weighted by Crippen LogP contribution is 1.33. The summed E-state index contributed by atoms with van der Waals surface area (Å²) in [7, 11) is 0. The molecule has 6 heavy (non-hydrogen) atoms. The van der Waals surface area contributed by atoms with Gasteiger partial charge in [-0.25, -0.2) is 0 Å². The molecule has 0 aromatic carbocycles. The van der Waals surface area contributed by atoms with Crippen LogP contribution < -0.4 is 15.0 Å². The Morgan fingerprint density at radius 3 is 1.17 bits per heavy atom. The Bertz CT molecular complexity index is 75.4. The molecule has 0 fully saturated rings. The van der Waals surface area contributed by atoms with Crippen molar-refractivity contribution in [1.29, 1.82) is 0 Å². The quantitative estimate of drug-likeness (QED) is 0.326. The van der Waals surface area contributed by atoms with Crippen molar-refractivity contribution >= 4 is 19.0 Å². The van der Waals surface area contributed by atoms with E-state index in [1.165, 1.54) is 19.0 Å². The lowest BCUT2D eigenvalue weighted by molar-refractivity contribution is 1.34. The minimum atomic E-state index is 1.44. The van der Waals surface area contributed by atoms with Crippen LogP contribution >= 0.6 is 0 Å². The highest BCUT2D eigenvalue weighted by Gasteiger charge is 2.10. The Morgan fingerprint density at radius 2 is 1.00 bits per heavy atom. The first-order valence-corrected chi connectivity index (χ1v) is 1.55. The van der Waals surface area contributed by atoms with E-state index >= 15 is 0 Å². The summed E-state index contributed by atoms with van der Waals surface area (Å²) in [6, 6.07) is 0. The van der Waals surface area contributed by atoms with Gasteiger partial charge in [0, 0.05) is 0 Å². The lowest BCUT2D eigenvalue weighted by atomic mass is 11.0. The van der Waals surface area contributed by atoms with Crippen molar-refractivity contribution in [3.8, 4) is 0 Å². The molecule has 0 aromatic rings. The maximum absolute atomic E-state index is 3.56. The van der Waals surface area contributed by atoms with E-state index in [0.717, 1.165) is 0 Å². The summed E-state index contributed by atoms with van der Waals surface area (Å²) in [6.45, 7) is 0. The topological polar surface area (TPSA) is 42.3 Å². The number of aliphatic imine (C=N–C) groups is 3. The van der Waals surface area contributed by atoms with Crippen molar-refractivity contribution in [2.45, 2.75) is 0 Å². The molecule has 1 rings (SSSR count). The molecule has 0 bridgehead atoms. The van der Waals surface area contributed by atoms with Crippen molar-refractivity contribution in [3.63, 3.8) is 0 Å². The molecule has 1 aliphatic rings. The van der Waals surface area contributed by atoms with E-state index < -0.39 is 0 Å². The Morgan fingerprint density at radius 1 is 0.667 bits per heavy atom. The summed E-state index contributed by atoms with van der Waals surface area (Å²) >= 11 is 0. The number of hydrogen-bond donors (Lipinski definition) is 0. The maximum Gasteiger partial charge on any atom is 0.550 e. The van der Waals surface area contributed by atoms with E-state index in [0.29, 0.717) is 0 Å². The number of hydrogen-bond acceptors (Lipinski definition) is 3. The van der Waals surface area contributed by atoms with Crippen LogP contribution in [-0.2, 0) is 0 Å². The van der Waals surface area contributed by atoms with E-state index in [-0.39, 0.29) is 0 Å². The van der Waals surface area contributed by atoms with Gasteiger partial charge in [-0.2, -0.15) is 0 Å². The van der Waals surface area contributed by atoms with Gasteiger partial charge in [0.25, 0.3) is 0 Å². The van der Waals surface area contributed by atoms with Gasteiger partial charge in [0.1, 0.15) is 0 Å². The van der Waals surface area contributed by atoms with Crippen molar-refractivity contribution in [2.75, 3.05) is 0 Å².